The number of carbonyl (C=O) groups excluding carboxylic acids is 4. The third-order valence-corrected chi connectivity index (χ3v) is 14.6. The third kappa shape index (κ3) is 8.31. The highest BCUT2D eigenvalue weighted by Crippen LogP contribution is 2.51. The summed E-state index contributed by atoms with van der Waals surface area (Å²) in [4.78, 5) is 66.6. The number of methoxy groups -OCH3 is 1. The molecule has 5 aliphatic heterocycles. The molecule has 0 unspecified atom stereocenters. The van der Waals surface area contributed by atoms with Gasteiger partial charge in [-0.25, -0.2) is 23.5 Å². The summed E-state index contributed by atoms with van der Waals surface area (Å²) < 4.78 is 46.7. The number of amides is 5. The molecule has 5 fully saturated rings. The Labute approximate surface area is 375 Å². The predicted octanol–water partition coefficient (Wildman–Crippen LogP) is 6.44. The largest absolute Gasteiger partial charge is 0.378 e. The number of nitrogens with one attached hydrogen (secondary N) is 2. The van der Waals surface area contributed by atoms with E-state index in [0.717, 1.165) is 59.5 Å². The van der Waals surface area contributed by atoms with Gasteiger partial charge in [0.1, 0.15) is 11.4 Å². The number of nitrogens with zero attached hydrogens (tertiary/aromatic N) is 7. The van der Waals surface area contributed by atoms with Crippen LogP contribution in [0.3, 0.4) is 0 Å². The van der Waals surface area contributed by atoms with E-state index in [1.165, 1.54) is 17.9 Å². The van der Waals surface area contributed by atoms with E-state index in [1.54, 1.807) is 30.3 Å². The molecular weight excluding hydrogens is 848 g/mol. The Balaban J connectivity index is 0.843. The quantitative estimate of drug-likeness (QED) is 0.192. The number of ether oxygens (including phenoxy) is 2. The molecule has 0 aliphatic carbocycles. The van der Waals surface area contributed by atoms with Crippen LogP contribution in [0.1, 0.15) is 67.9 Å². The van der Waals surface area contributed by atoms with E-state index in [2.05, 4.69) is 32.7 Å². The molecule has 18 heteroatoms. The molecule has 3 aromatic heterocycles. The molecule has 340 valence electrons. The Bertz CT molecular complexity index is 2480. The molecule has 0 saturated carbocycles. The fourth-order valence-electron chi connectivity index (χ4n) is 10.4. The minimum absolute atomic E-state index is 0.109. The molecule has 9 rings (SSSR count). The average Bonchev–Trinajstić information content (AvgIpc) is 3.90. The lowest BCUT2D eigenvalue weighted by Crippen LogP contribution is -2.60. The number of urea groups is 1. The first-order valence-corrected chi connectivity index (χ1v) is 22.5. The number of fused-ring (bicyclic) bond motifs is 1. The van der Waals surface area contributed by atoms with Crippen LogP contribution >= 0.6 is 11.6 Å². The van der Waals surface area contributed by atoms with Crippen molar-refractivity contribution in [3.8, 4) is 11.3 Å². The lowest BCUT2D eigenvalue weighted by Gasteiger charge is -2.52. The Morgan fingerprint density at radius 1 is 1.02 bits per heavy atom. The molecule has 5 amide bonds. The Morgan fingerprint density at radius 2 is 1.78 bits per heavy atom. The monoisotopic (exact) mass is 901 g/mol. The lowest BCUT2D eigenvalue weighted by atomic mass is 9.68. The number of hydrogen-bond donors (Lipinski definition) is 2. The van der Waals surface area contributed by atoms with Crippen LogP contribution in [0.4, 0.5) is 30.8 Å². The van der Waals surface area contributed by atoms with Crippen molar-refractivity contribution < 1.29 is 37.4 Å². The lowest BCUT2D eigenvalue weighted by molar-refractivity contribution is -0.186. The number of likely N-dealkylation sites (tertiary alicyclic amines) is 2. The normalized spacial score (nSPS) is 22.9. The number of alkyl halides is 2. The van der Waals surface area contributed by atoms with Crippen LogP contribution in [0.5, 0.6) is 0 Å². The highest BCUT2D eigenvalue weighted by molar-refractivity contribution is 6.34. The van der Waals surface area contributed by atoms with Crippen molar-refractivity contribution in [2.45, 2.75) is 63.4 Å². The number of piperidine rings is 3. The molecule has 5 saturated heterocycles. The van der Waals surface area contributed by atoms with Gasteiger partial charge in [0.25, 0.3) is 11.8 Å². The third-order valence-electron chi connectivity index (χ3n) is 14.3. The molecule has 64 heavy (non-hydrogen) atoms. The molecule has 15 nitrogen and oxygen atoms in total. The van der Waals surface area contributed by atoms with E-state index < -0.39 is 23.0 Å². The maximum Gasteiger partial charge on any atom is 0.328 e. The smallest absolute Gasteiger partial charge is 0.328 e. The number of halogens is 3. The number of aromatic nitrogens is 3. The molecular formula is C46H54ClF2N9O6. The molecule has 5 aliphatic rings. The number of rotatable bonds is 9. The van der Waals surface area contributed by atoms with Gasteiger partial charge >= 0.3 is 6.03 Å². The van der Waals surface area contributed by atoms with Gasteiger partial charge in [-0.15, -0.1) is 0 Å². The summed E-state index contributed by atoms with van der Waals surface area (Å²) in [5, 5.41) is 6.23. The summed E-state index contributed by atoms with van der Waals surface area (Å²) in [6.45, 7) is 5.35. The van der Waals surface area contributed by atoms with Crippen LogP contribution in [0.2, 0.25) is 5.02 Å². The second-order valence-electron chi connectivity index (χ2n) is 18.1. The number of hydrogen-bond acceptors (Lipinski definition) is 10. The van der Waals surface area contributed by atoms with Crippen molar-refractivity contribution in [1.82, 2.24) is 29.7 Å². The standard InChI is InChI=1S/C46H54ClF2N9O6/c1-29(59)51-40-23-33-34(26-54(2)38(33)24-50-40)36-21-32(22-39(52-36)45(63-3)12-19-64-28-45)56-13-6-30(7-14-56)25-55-16-9-44(46(48,49)27-55)10-17-57(18-11-44)42(61)31-4-5-35(47)37(20-31)58-15-8-41(60)53-43(58)62/h4-5,20-24,26,30H,6-19,25,27-28H2,1-3H3,(H,50,51,59)(H,53,60,62)/t45-/m0/s1. The van der Waals surface area contributed by atoms with Gasteiger partial charge in [0, 0.05) is 114 Å². The van der Waals surface area contributed by atoms with Crippen LogP contribution in [0.15, 0.2) is 48.8 Å². The van der Waals surface area contributed by atoms with E-state index in [4.69, 9.17) is 26.1 Å². The second kappa shape index (κ2) is 17.3. The van der Waals surface area contributed by atoms with Gasteiger partial charge in [-0.3, -0.25) is 29.5 Å². The first-order valence-electron chi connectivity index (χ1n) is 22.1. The van der Waals surface area contributed by atoms with Gasteiger partial charge in [0.2, 0.25) is 11.8 Å². The molecule has 1 spiro atoms. The highest BCUT2D eigenvalue weighted by Gasteiger charge is 2.57. The maximum atomic E-state index is 16.3. The van der Waals surface area contributed by atoms with Gasteiger partial charge < -0.3 is 29.2 Å². The summed E-state index contributed by atoms with van der Waals surface area (Å²) in [7, 11) is 3.65. The van der Waals surface area contributed by atoms with Gasteiger partial charge in [-0.2, -0.15) is 0 Å². The fraction of sp³-hybridized carbons (Fsp3) is 0.522. The van der Waals surface area contributed by atoms with E-state index in [9.17, 15) is 19.2 Å². The number of pyridine rings is 2. The van der Waals surface area contributed by atoms with E-state index in [-0.39, 0.29) is 74.1 Å². The Kier molecular flexibility index (Phi) is 11.9. The maximum absolute atomic E-state index is 16.3. The number of benzene rings is 1. The summed E-state index contributed by atoms with van der Waals surface area (Å²) in [5.74, 6) is -3.09. The summed E-state index contributed by atoms with van der Waals surface area (Å²) in [6.07, 6.45) is 7.02. The molecule has 0 bridgehead atoms. The molecule has 2 N–H and O–H groups in total. The van der Waals surface area contributed by atoms with Gasteiger partial charge in [0.15, 0.2) is 0 Å². The zero-order chi connectivity index (χ0) is 45.0. The average molecular weight is 902 g/mol. The molecule has 1 atom stereocenters. The van der Waals surface area contributed by atoms with Crippen LogP contribution in [-0.2, 0) is 31.7 Å². The van der Waals surface area contributed by atoms with Crippen molar-refractivity contribution in [2.24, 2.45) is 18.4 Å². The Morgan fingerprint density at radius 3 is 2.47 bits per heavy atom. The minimum atomic E-state index is -2.92. The van der Waals surface area contributed by atoms with Crippen molar-refractivity contribution in [3.63, 3.8) is 0 Å². The Hall–Kier alpha value is -5.23. The molecule has 0 radical (unpaired) electrons. The number of anilines is 3. The summed E-state index contributed by atoms with van der Waals surface area (Å²) in [5.41, 5.74) is 3.11. The van der Waals surface area contributed by atoms with Crippen LogP contribution in [-0.4, -0.2) is 127 Å². The fourth-order valence-corrected chi connectivity index (χ4v) is 10.6. The zero-order valence-electron chi connectivity index (χ0n) is 36.4. The molecule has 1 aromatic carbocycles. The molecule has 8 heterocycles. The van der Waals surface area contributed by atoms with Crippen LogP contribution in [0.25, 0.3) is 22.2 Å². The van der Waals surface area contributed by atoms with Crippen molar-refractivity contribution in [3.05, 3.63) is 65.1 Å². The van der Waals surface area contributed by atoms with E-state index in [0.29, 0.717) is 56.2 Å². The first-order chi connectivity index (χ1) is 30.7. The highest BCUT2D eigenvalue weighted by atomic mass is 35.5. The number of imide groups is 1. The van der Waals surface area contributed by atoms with Gasteiger partial charge in [-0.05, 0) is 81.0 Å². The predicted molar refractivity (Wildman–Crippen MR) is 238 cm³/mol. The van der Waals surface area contributed by atoms with Crippen molar-refractivity contribution in [2.75, 3.05) is 87.8 Å². The van der Waals surface area contributed by atoms with Crippen LogP contribution in [0, 0.1) is 11.3 Å². The van der Waals surface area contributed by atoms with E-state index >= 15 is 8.78 Å². The molecule has 4 aromatic rings. The SMILES string of the molecule is CO[C@@]1(c2cc(N3CCC(CN4CCC5(CCN(C(=O)c6ccc(Cl)c(N7CCC(=O)NC7=O)c6)CC5)C(F)(F)C4)CC3)cc(-c3cn(C)c4cnc(NC(C)=O)cc34)n2)CCOC1. The summed E-state index contributed by atoms with van der Waals surface area (Å²) >= 11 is 6.40. The minimum Gasteiger partial charge on any atom is -0.378 e. The van der Waals surface area contributed by atoms with Crippen molar-refractivity contribution in [1.29, 1.82) is 0 Å². The topological polar surface area (TPSA) is 154 Å². The number of carbonyl (C=O) groups is 4. The van der Waals surface area contributed by atoms with Gasteiger partial charge in [0.05, 0.1) is 47.0 Å². The second-order valence-corrected chi connectivity index (χ2v) is 18.5. The van der Waals surface area contributed by atoms with Gasteiger partial charge in [-0.1, -0.05) is 11.6 Å². The van der Waals surface area contributed by atoms with Crippen molar-refractivity contribution >= 4 is 63.4 Å². The first kappa shape index (κ1) is 44.0. The number of aryl methyl sites for hydroxylation is 1. The van der Waals surface area contributed by atoms with Crippen LogP contribution < -0.4 is 20.4 Å². The van der Waals surface area contributed by atoms with E-state index in [1.807, 2.05) is 28.8 Å². The summed E-state index contributed by atoms with van der Waals surface area (Å²) in [6, 6.07) is 10.1. The zero-order valence-corrected chi connectivity index (χ0v) is 37.2.